The first-order valence-corrected chi connectivity index (χ1v) is 8.49. The zero-order valence-corrected chi connectivity index (χ0v) is 14.3. The number of hydrogen-bond donors (Lipinski definition) is 4. The molecule has 0 saturated carbocycles. The minimum absolute atomic E-state index is 0.268. The molecule has 0 spiro atoms. The molecule has 0 bridgehead atoms. The van der Waals surface area contributed by atoms with Gasteiger partial charge in [-0.25, -0.2) is 0 Å². The van der Waals surface area contributed by atoms with Gasteiger partial charge in [0.25, 0.3) is 0 Å². The minimum atomic E-state index is -1.50. The van der Waals surface area contributed by atoms with Crippen LogP contribution < -0.4 is 5.32 Å². The number of carbonyl (C=O) groups is 2. The van der Waals surface area contributed by atoms with E-state index in [0.29, 0.717) is 0 Å². The van der Waals surface area contributed by atoms with Crippen LogP contribution in [-0.2, 0) is 19.1 Å². The Morgan fingerprint density at radius 1 is 1.08 bits per heavy atom. The highest BCUT2D eigenvalue weighted by Crippen LogP contribution is 2.20. The van der Waals surface area contributed by atoms with Crippen LogP contribution >= 0.6 is 0 Å². The van der Waals surface area contributed by atoms with Crippen LogP contribution in [0.1, 0.15) is 52.4 Å². The van der Waals surface area contributed by atoms with Gasteiger partial charge in [-0.15, -0.1) is 0 Å². The van der Waals surface area contributed by atoms with Crippen molar-refractivity contribution in [2.75, 3.05) is 6.61 Å². The van der Waals surface area contributed by atoms with Crippen LogP contribution in [0.15, 0.2) is 0 Å². The molecule has 0 aromatic heterocycles. The second-order valence-corrected chi connectivity index (χ2v) is 6.12. The molecule has 0 aliphatic carbocycles. The number of carbonyl (C=O) groups excluding carboxylic acids is 2. The Morgan fingerprint density at radius 3 is 2.38 bits per heavy atom. The van der Waals surface area contributed by atoms with Crippen molar-refractivity contribution in [1.82, 2.24) is 5.32 Å². The molecule has 1 amide bonds. The molecule has 1 aliphatic rings. The molecule has 8 nitrogen and oxygen atoms in total. The maximum absolute atomic E-state index is 11.7. The van der Waals surface area contributed by atoms with E-state index in [0.717, 1.165) is 32.1 Å². The number of unbranched alkanes of at least 4 members (excludes halogenated alkanes) is 4. The predicted molar refractivity (Wildman–Crippen MR) is 84.8 cm³/mol. The highest BCUT2D eigenvalue weighted by atomic mass is 16.6. The fraction of sp³-hybridized carbons (Fsp3) is 0.875. The first kappa shape index (κ1) is 20.8. The number of aliphatic hydroxyl groups is 3. The van der Waals surface area contributed by atoms with Crippen LogP contribution in [0.25, 0.3) is 0 Å². The van der Waals surface area contributed by atoms with E-state index in [1.807, 2.05) is 0 Å². The van der Waals surface area contributed by atoms with Gasteiger partial charge in [-0.05, 0) is 6.42 Å². The molecule has 1 rings (SSSR count). The predicted octanol–water partition coefficient (Wildman–Crippen LogP) is -0.166. The van der Waals surface area contributed by atoms with E-state index in [2.05, 4.69) is 12.2 Å². The second-order valence-electron chi connectivity index (χ2n) is 6.12. The third kappa shape index (κ3) is 6.72. The monoisotopic (exact) mass is 347 g/mol. The van der Waals surface area contributed by atoms with Gasteiger partial charge in [-0.3, -0.25) is 9.59 Å². The Kier molecular flexibility index (Phi) is 9.20. The maximum Gasteiger partial charge on any atom is 0.305 e. The SMILES string of the molecule is CCCCCCCC(=O)OC[C@H]1O[C@H](O)[C@@H](NC(C)=O)[C@@H](O)[C@@H]1O. The van der Waals surface area contributed by atoms with Crippen molar-refractivity contribution in [1.29, 1.82) is 0 Å². The van der Waals surface area contributed by atoms with Gasteiger partial charge in [0.1, 0.15) is 31.0 Å². The summed E-state index contributed by atoms with van der Waals surface area (Å²) >= 11 is 0. The largest absolute Gasteiger partial charge is 0.463 e. The number of aliphatic hydroxyl groups excluding tert-OH is 3. The fourth-order valence-electron chi connectivity index (χ4n) is 2.59. The maximum atomic E-state index is 11.7. The fourth-order valence-corrected chi connectivity index (χ4v) is 2.59. The first-order valence-electron chi connectivity index (χ1n) is 8.49. The number of esters is 1. The van der Waals surface area contributed by atoms with E-state index < -0.39 is 42.5 Å². The molecule has 8 heteroatoms. The van der Waals surface area contributed by atoms with Crippen LogP contribution in [0.2, 0.25) is 0 Å². The summed E-state index contributed by atoms with van der Waals surface area (Å²) in [7, 11) is 0. The molecule has 1 saturated heterocycles. The van der Waals surface area contributed by atoms with Gasteiger partial charge >= 0.3 is 5.97 Å². The topological polar surface area (TPSA) is 125 Å². The molecule has 4 N–H and O–H groups in total. The Balaban J connectivity index is 2.35. The molecule has 1 aliphatic heterocycles. The van der Waals surface area contributed by atoms with Gasteiger partial charge in [-0.2, -0.15) is 0 Å². The summed E-state index contributed by atoms with van der Waals surface area (Å²) in [6.45, 7) is 3.07. The average molecular weight is 347 g/mol. The van der Waals surface area contributed by atoms with Crippen molar-refractivity contribution in [3.8, 4) is 0 Å². The summed E-state index contributed by atoms with van der Waals surface area (Å²) in [6.07, 6.45) is -0.0199. The molecule has 1 heterocycles. The van der Waals surface area contributed by atoms with E-state index in [9.17, 15) is 24.9 Å². The van der Waals surface area contributed by atoms with E-state index >= 15 is 0 Å². The van der Waals surface area contributed by atoms with E-state index in [4.69, 9.17) is 9.47 Å². The Morgan fingerprint density at radius 2 is 1.75 bits per heavy atom. The lowest BCUT2D eigenvalue weighted by atomic mass is 9.97. The molecular weight excluding hydrogens is 318 g/mol. The van der Waals surface area contributed by atoms with Gasteiger partial charge in [0.05, 0.1) is 0 Å². The number of ether oxygens (including phenoxy) is 2. The van der Waals surface area contributed by atoms with Crippen molar-refractivity contribution in [2.45, 2.75) is 83.0 Å². The molecule has 140 valence electrons. The number of rotatable bonds is 9. The Bertz CT molecular complexity index is 404. The third-order valence-electron chi connectivity index (χ3n) is 3.98. The summed E-state index contributed by atoms with van der Waals surface area (Å²) in [5, 5.41) is 32.1. The van der Waals surface area contributed by atoms with Crippen LogP contribution in [0.4, 0.5) is 0 Å². The van der Waals surface area contributed by atoms with Crippen molar-refractivity contribution in [3.63, 3.8) is 0 Å². The number of nitrogens with one attached hydrogen (secondary N) is 1. The lowest BCUT2D eigenvalue weighted by Gasteiger charge is -2.40. The zero-order chi connectivity index (χ0) is 18.1. The van der Waals surface area contributed by atoms with Crippen LogP contribution in [0.3, 0.4) is 0 Å². The van der Waals surface area contributed by atoms with E-state index in [-0.39, 0.29) is 13.0 Å². The first-order chi connectivity index (χ1) is 11.4. The van der Waals surface area contributed by atoms with E-state index in [1.165, 1.54) is 6.92 Å². The van der Waals surface area contributed by atoms with Crippen molar-refractivity contribution >= 4 is 11.9 Å². The van der Waals surface area contributed by atoms with Crippen LogP contribution in [0, 0.1) is 0 Å². The summed E-state index contributed by atoms with van der Waals surface area (Å²) in [4.78, 5) is 22.7. The molecule has 0 radical (unpaired) electrons. The summed E-state index contributed by atoms with van der Waals surface area (Å²) in [6, 6.07) is -1.14. The smallest absolute Gasteiger partial charge is 0.305 e. The third-order valence-corrected chi connectivity index (χ3v) is 3.98. The van der Waals surface area contributed by atoms with Crippen LogP contribution in [0.5, 0.6) is 0 Å². The molecule has 1 fully saturated rings. The minimum Gasteiger partial charge on any atom is -0.463 e. The lowest BCUT2D eigenvalue weighted by molar-refractivity contribution is -0.255. The van der Waals surface area contributed by atoms with E-state index in [1.54, 1.807) is 0 Å². The lowest BCUT2D eigenvalue weighted by Crippen LogP contribution is -2.64. The summed E-state index contributed by atoms with van der Waals surface area (Å²) in [5.74, 6) is -0.878. The van der Waals surface area contributed by atoms with Gasteiger partial charge in [0, 0.05) is 13.3 Å². The van der Waals surface area contributed by atoms with Gasteiger partial charge in [-0.1, -0.05) is 32.6 Å². The molecule has 0 aromatic carbocycles. The summed E-state index contributed by atoms with van der Waals surface area (Å²) in [5.41, 5.74) is 0. The van der Waals surface area contributed by atoms with Gasteiger partial charge in [0.15, 0.2) is 6.29 Å². The van der Waals surface area contributed by atoms with Crippen molar-refractivity contribution < 1.29 is 34.4 Å². The van der Waals surface area contributed by atoms with Gasteiger partial charge in [0.2, 0.25) is 5.91 Å². The highest BCUT2D eigenvalue weighted by Gasteiger charge is 2.44. The second kappa shape index (κ2) is 10.6. The molecule has 0 unspecified atom stereocenters. The van der Waals surface area contributed by atoms with Crippen molar-refractivity contribution in [2.24, 2.45) is 0 Å². The average Bonchev–Trinajstić information content (AvgIpc) is 2.53. The normalized spacial score (nSPS) is 30.0. The zero-order valence-electron chi connectivity index (χ0n) is 14.3. The Labute approximate surface area is 142 Å². The highest BCUT2D eigenvalue weighted by molar-refractivity contribution is 5.73. The standard InChI is InChI=1S/C16H29NO7/c1-3-4-5-6-7-8-12(19)23-9-11-14(20)15(21)13(16(22)24-11)17-10(2)18/h11,13-16,20-22H,3-9H2,1-2H3,(H,17,18)/t11-,13+,14-,15-,16+/m1/s1. The number of amides is 1. The van der Waals surface area contributed by atoms with Crippen LogP contribution in [-0.4, -0.2) is 64.4 Å². The summed E-state index contributed by atoms with van der Waals surface area (Å²) < 4.78 is 10.2. The quantitative estimate of drug-likeness (QED) is 0.337. The Hall–Kier alpha value is -1.22. The molecular formula is C16H29NO7. The molecule has 0 aromatic rings. The van der Waals surface area contributed by atoms with Crippen molar-refractivity contribution in [3.05, 3.63) is 0 Å². The molecule has 24 heavy (non-hydrogen) atoms. The number of hydrogen-bond acceptors (Lipinski definition) is 7. The molecule has 5 atom stereocenters. The van der Waals surface area contributed by atoms with Gasteiger partial charge < -0.3 is 30.1 Å².